The monoisotopic (exact) mass is 628 g/mol. The van der Waals surface area contributed by atoms with E-state index in [2.05, 4.69) is 27.6 Å². The van der Waals surface area contributed by atoms with Crippen LogP contribution in [0.4, 0.5) is 24.7 Å². The molecular weight excluding hydrogens is 597 g/mol. The lowest BCUT2D eigenvalue weighted by molar-refractivity contribution is -0.137. The third-order valence-corrected chi connectivity index (χ3v) is 7.38. The van der Waals surface area contributed by atoms with Gasteiger partial charge < -0.3 is 10.6 Å². The van der Waals surface area contributed by atoms with Gasteiger partial charge in [0, 0.05) is 29.3 Å². The number of para-hydroxylation sites is 1. The molecule has 12 heteroatoms. The number of hydrogen-bond acceptors (Lipinski definition) is 5. The fraction of sp³-hybridized carbons (Fsp3) is 0.235. The molecule has 1 aromatic heterocycles. The summed E-state index contributed by atoms with van der Waals surface area (Å²) in [5.41, 5.74) is 1.06. The Bertz CT molecular complexity index is 1820. The average molecular weight is 629 g/mol. The summed E-state index contributed by atoms with van der Waals surface area (Å²) in [6, 6.07) is 18.8. The molecule has 3 amide bonds. The van der Waals surface area contributed by atoms with Crippen molar-refractivity contribution in [3.8, 4) is 17.5 Å². The van der Waals surface area contributed by atoms with Gasteiger partial charge in [0.25, 0.3) is 17.7 Å². The van der Waals surface area contributed by atoms with Crippen molar-refractivity contribution in [3.05, 3.63) is 107 Å². The van der Waals surface area contributed by atoms with Crippen LogP contribution >= 0.6 is 0 Å². The number of aromatic nitrogens is 2. The van der Waals surface area contributed by atoms with Gasteiger partial charge in [0.1, 0.15) is 11.9 Å². The lowest BCUT2D eigenvalue weighted by atomic mass is 9.82. The quantitative estimate of drug-likeness (QED) is 0.290. The molecule has 1 aliphatic heterocycles. The van der Waals surface area contributed by atoms with Crippen LogP contribution in [0.15, 0.2) is 85.1 Å². The summed E-state index contributed by atoms with van der Waals surface area (Å²) in [7, 11) is 3.66. The van der Waals surface area contributed by atoms with Crippen LogP contribution in [-0.4, -0.2) is 65.6 Å². The minimum Gasteiger partial charge on any atom is -0.339 e. The maximum Gasteiger partial charge on any atom is 0.416 e. The van der Waals surface area contributed by atoms with Crippen molar-refractivity contribution in [3.63, 3.8) is 0 Å². The smallest absolute Gasteiger partial charge is 0.339 e. The number of benzene rings is 3. The normalized spacial score (nSPS) is 16.0. The molecule has 0 radical (unpaired) electrons. The number of alkyl halides is 3. The van der Waals surface area contributed by atoms with Crippen LogP contribution in [0.25, 0.3) is 5.69 Å². The molecule has 46 heavy (non-hydrogen) atoms. The molecule has 0 spiro atoms. The molecule has 9 nitrogen and oxygen atoms in total. The molecular formula is C34H31F3N6O3. The predicted octanol–water partition coefficient (Wildman–Crippen LogP) is 4.69. The van der Waals surface area contributed by atoms with Crippen LogP contribution < -0.4 is 15.5 Å². The van der Waals surface area contributed by atoms with Gasteiger partial charge >= 0.3 is 6.18 Å². The Morgan fingerprint density at radius 2 is 1.74 bits per heavy atom. The first-order valence-corrected chi connectivity index (χ1v) is 14.4. The Morgan fingerprint density at radius 1 is 1.00 bits per heavy atom. The van der Waals surface area contributed by atoms with E-state index in [0.29, 0.717) is 34.9 Å². The second kappa shape index (κ2) is 13.3. The summed E-state index contributed by atoms with van der Waals surface area (Å²) in [6.45, 7) is 2.41. The summed E-state index contributed by atoms with van der Waals surface area (Å²) in [5, 5.41) is 10.1. The maximum absolute atomic E-state index is 14.2. The standard InChI is InChI=1S/C34H31F3N6O3/c1-4-42-32-27(21-38-43(32)26-15-6-5-7-16-26)29(22-11-9-14-25(20-22)39-28(44)17-10-18-41(2)3)30(33(42)46)40-31(45)23-12-8-13-24(19-23)34(35,36)37/h5-9,11-16,19-21,29-30H,4,18H2,1-3H3,(H,39,44)(H,40,45)/t29-,30+/m0/s1. The number of likely N-dealkylation sites (N-methyl/N-ethyl adjacent to an activating group) is 1. The van der Waals surface area contributed by atoms with Crippen molar-refractivity contribution in [1.82, 2.24) is 20.0 Å². The van der Waals surface area contributed by atoms with Crippen molar-refractivity contribution >= 4 is 29.2 Å². The summed E-state index contributed by atoms with van der Waals surface area (Å²) in [4.78, 5) is 43.5. The van der Waals surface area contributed by atoms with E-state index in [1.54, 1.807) is 42.1 Å². The van der Waals surface area contributed by atoms with Crippen LogP contribution in [0, 0.1) is 11.8 Å². The number of carbonyl (C=O) groups is 3. The second-order valence-corrected chi connectivity index (χ2v) is 10.9. The number of carbonyl (C=O) groups excluding carboxylic acids is 3. The van der Waals surface area contributed by atoms with E-state index in [0.717, 1.165) is 18.2 Å². The number of rotatable bonds is 7. The number of nitrogens with zero attached hydrogens (tertiary/aromatic N) is 4. The number of fused-ring (bicyclic) bond motifs is 1. The fourth-order valence-electron chi connectivity index (χ4n) is 5.33. The van der Waals surface area contributed by atoms with Crippen molar-refractivity contribution < 1.29 is 27.6 Å². The lowest BCUT2D eigenvalue weighted by Crippen LogP contribution is -2.55. The largest absolute Gasteiger partial charge is 0.416 e. The summed E-state index contributed by atoms with van der Waals surface area (Å²) in [5.74, 6) is 3.16. The Balaban J connectivity index is 1.58. The van der Waals surface area contributed by atoms with Gasteiger partial charge in [0.15, 0.2) is 0 Å². The van der Waals surface area contributed by atoms with Gasteiger partial charge in [0.2, 0.25) is 0 Å². The Labute approximate surface area is 264 Å². The molecule has 2 N–H and O–H groups in total. The molecule has 236 valence electrons. The van der Waals surface area contributed by atoms with Gasteiger partial charge in [-0.3, -0.25) is 24.2 Å². The van der Waals surface area contributed by atoms with Crippen LogP contribution in [0.5, 0.6) is 0 Å². The van der Waals surface area contributed by atoms with Crippen molar-refractivity contribution in [2.24, 2.45) is 0 Å². The van der Waals surface area contributed by atoms with Crippen molar-refractivity contribution in [2.45, 2.75) is 25.1 Å². The zero-order valence-electron chi connectivity index (χ0n) is 25.3. The number of nitrogens with one attached hydrogen (secondary N) is 2. The van der Waals surface area contributed by atoms with E-state index in [1.807, 2.05) is 49.3 Å². The van der Waals surface area contributed by atoms with Crippen LogP contribution in [0.2, 0.25) is 0 Å². The summed E-state index contributed by atoms with van der Waals surface area (Å²) >= 11 is 0. The van der Waals surface area contributed by atoms with Crippen LogP contribution in [0.1, 0.15) is 39.9 Å². The van der Waals surface area contributed by atoms with E-state index in [-0.39, 0.29) is 12.1 Å². The fourth-order valence-corrected chi connectivity index (χ4v) is 5.33. The van der Waals surface area contributed by atoms with Crippen LogP contribution in [-0.2, 0) is 15.8 Å². The molecule has 0 bridgehead atoms. The molecule has 1 aliphatic rings. The average Bonchev–Trinajstić information content (AvgIpc) is 3.46. The summed E-state index contributed by atoms with van der Waals surface area (Å²) < 4.78 is 41.9. The van der Waals surface area contributed by atoms with Gasteiger partial charge in [-0.15, -0.1) is 0 Å². The molecule has 0 saturated heterocycles. The zero-order valence-corrected chi connectivity index (χ0v) is 25.3. The second-order valence-electron chi connectivity index (χ2n) is 10.9. The molecule has 5 rings (SSSR count). The number of anilines is 2. The Kier molecular flexibility index (Phi) is 9.25. The van der Waals surface area contributed by atoms with E-state index >= 15 is 0 Å². The number of amides is 3. The highest BCUT2D eigenvalue weighted by atomic mass is 19.4. The van der Waals surface area contributed by atoms with Crippen LogP contribution in [0.3, 0.4) is 0 Å². The van der Waals surface area contributed by atoms with E-state index in [1.165, 1.54) is 11.0 Å². The molecule has 2 atom stereocenters. The van der Waals surface area contributed by atoms with Gasteiger partial charge in [-0.1, -0.05) is 42.3 Å². The van der Waals surface area contributed by atoms with E-state index in [4.69, 9.17) is 0 Å². The third-order valence-electron chi connectivity index (χ3n) is 7.38. The first-order valence-electron chi connectivity index (χ1n) is 14.4. The molecule has 3 aromatic carbocycles. The predicted molar refractivity (Wildman–Crippen MR) is 168 cm³/mol. The lowest BCUT2D eigenvalue weighted by Gasteiger charge is -2.38. The molecule has 0 aliphatic carbocycles. The van der Waals surface area contributed by atoms with Crippen molar-refractivity contribution in [2.75, 3.05) is 37.4 Å². The zero-order chi connectivity index (χ0) is 33.0. The van der Waals surface area contributed by atoms with Gasteiger partial charge in [-0.2, -0.15) is 18.3 Å². The molecule has 0 unspecified atom stereocenters. The summed E-state index contributed by atoms with van der Waals surface area (Å²) in [6.07, 6.45) is -3.04. The first kappa shape index (κ1) is 32.0. The third kappa shape index (κ3) is 6.79. The number of hydrogen-bond donors (Lipinski definition) is 2. The van der Waals surface area contributed by atoms with Gasteiger partial charge in [-0.05, 0) is 75.0 Å². The molecule has 4 aromatic rings. The SMILES string of the molecule is CCN1C(=O)[C@H](NC(=O)c2cccc(C(F)(F)F)c2)[C@@H](c2cccc(NC(=O)C#CCN(C)C)c2)c2cnn(-c3ccccc3)c21. The van der Waals surface area contributed by atoms with E-state index in [9.17, 15) is 27.6 Å². The maximum atomic E-state index is 14.2. The molecule has 2 heterocycles. The highest BCUT2D eigenvalue weighted by Crippen LogP contribution is 2.42. The highest BCUT2D eigenvalue weighted by molar-refractivity contribution is 6.06. The minimum absolute atomic E-state index is 0.231. The van der Waals surface area contributed by atoms with E-state index < -0.39 is 41.4 Å². The van der Waals surface area contributed by atoms with Crippen molar-refractivity contribution in [1.29, 1.82) is 0 Å². The molecule has 0 fully saturated rings. The Morgan fingerprint density at radius 3 is 2.43 bits per heavy atom. The van der Waals surface area contributed by atoms with Gasteiger partial charge in [-0.25, -0.2) is 4.68 Å². The van der Waals surface area contributed by atoms with Gasteiger partial charge in [0.05, 0.1) is 24.0 Å². The highest BCUT2D eigenvalue weighted by Gasteiger charge is 2.44. The first-order chi connectivity index (χ1) is 22.0. The number of halogens is 3. The molecule has 0 saturated carbocycles. The minimum atomic E-state index is -4.65. The topological polar surface area (TPSA) is 99.6 Å². The Hall–Kier alpha value is -5.41.